The van der Waals surface area contributed by atoms with Gasteiger partial charge in [-0.2, -0.15) is 0 Å². The first-order valence-electron chi connectivity index (χ1n) is 7.07. The molecule has 0 atom stereocenters. The smallest absolute Gasteiger partial charge is 0.253 e. The van der Waals surface area contributed by atoms with Crippen LogP contribution in [0.1, 0.15) is 40.2 Å². The van der Waals surface area contributed by atoms with E-state index in [1.54, 1.807) is 0 Å². The second-order valence-corrected chi connectivity index (χ2v) is 5.01. The molecule has 1 aromatic heterocycles. The molecule has 2 N–H and O–H groups in total. The van der Waals surface area contributed by atoms with E-state index in [-0.39, 0.29) is 12.5 Å². The largest absolute Gasteiger partial charge is 0.444 e. The van der Waals surface area contributed by atoms with E-state index < -0.39 is 0 Å². The average molecular weight is 287 g/mol. The highest BCUT2D eigenvalue weighted by atomic mass is 16.4. The summed E-state index contributed by atoms with van der Waals surface area (Å²) in [5.74, 6) is 1.17. The van der Waals surface area contributed by atoms with Crippen molar-refractivity contribution in [2.75, 3.05) is 11.9 Å². The quantitative estimate of drug-likeness (QED) is 0.887. The molecule has 1 aromatic carbocycles. The number of amides is 1. The van der Waals surface area contributed by atoms with E-state index >= 15 is 0 Å². The number of benzene rings is 1. The van der Waals surface area contributed by atoms with Crippen molar-refractivity contribution in [3.8, 4) is 0 Å². The molecule has 0 fully saturated rings. The summed E-state index contributed by atoms with van der Waals surface area (Å²) in [7, 11) is 0. The molecule has 2 rings (SSSR count). The lowest BCUT2D eigenvalue weighted by Gasteiger charge is -2.11. The minimum atomic E-state index is -0.136. The molecule has 1 heterocycles. The summed E-state index contributed by atoms with van der Waals surface area (Å²) in [6.45, 7) is 8.76. The summed E-state index contributed by atoms with van der Waals surface area (Å²) in [5, 5.41) is 6.04. The van der Waals surface area contributed by atoms with Crippen LogP contribution in [0.5, 0.6) is 0 Å². The topological polar surface area (TPSA) is 67.2 Å². The van der Waals surface area contributed by atoms with E-state index in [1.807, 2.05) is 45.9 Å². The number of oxazole rings is 1. The Morgan fingerprint density at radius 2 is 2.05 bits per heavy atom. The SMILES string of the molecule is CCNc1ccc(C)cc1C(=O)NCc1nc(C)c(C)o1. The van der Waals surface area contributed by atoms with Gasteiger partial charge in [0.05, 0.1) is 17.8 Å². The minimum absolute atomic E-state index is 0.136. The van der Waals surface area contributed by atoms with E-state index in [0.29, 0.717) is 11.5 Å². The van der Waals surface area contributed by atoms with Gasteiger partial charge < -0.3 is 15.1 Å². The molecular formula is C16H21N3O2. The summed E-state index contributed by atoms with van der Waals surface area (Å²) >= 11 is 0. The van der Waals surface area contributed by atoms with Crippen LogP contribution >= 0.6 is 0 Å². The lowest BCUT2D eigenvalue weighted by Crippen LogP contribution is -2.24. The number of aromatic nitrogens is 1. The number of nitrogens with zero attached hydrogens (tertiary/aromatic N) is 1. The monoisotopic (exact) mass is 287 g/mol. The zero-order chi connectivity index (χ0) is 15.4. The van der Waals surface area contributed by atoms with Gasteiger partial charge in [-0.1, -0.05) is 11.6 Å². The molecule has 2 aromatic rings. The first-order valence-corrected chi connectivity index (χ1v) is 7.07. The third-order valence-corrected chi connectivity index (χ3v) is 3.26. The summed E-state index contributed by atoms with van der Waals surface area (Å²) < 4.78 is 5.46. The van der Waals surface area contributed by atoms with Gasteiger partial charge in [0.1, 0.15) is 5.76 Å². The molecule has 0 saturated heterocycles. The fourth-order valence-corrected chi connectivity index (χ4v) is 2.06. The lowest BCUT2D eigenvalue weighted by molar-refractivity contribution is 0.0948. The van der Waals surface area contributed by atoms with E-state index in [9.17, 15) is 4.79 Å². The van der Waals surface area contributed by atoms with Crippen LogP contribution in [0.2, 0.25) is 0 Å². The summed E-state index contributed by atoms with van der Waals surface area (Å²) in [6, 6.07) is 5.78. The van der Waals surface area contributed by atoms with Crippen molar-refractivity contribution in [1.82, 2.24) is 10.3 Å². The second kappa shape index (κ2) is 6.43. The number of hydrogen-bond acceptors (Lipinski definition) is 4. The van der Waals surface area contributed by atoms with E-state index in [2.05, 4.69) is 15.6 Å². The highest BCUT2D eigenvalue weighted by Crippen LogP contribution is 2.17. The normalized spacial score (nSPS) is 10.5. The Balaban J connectivity index is 2.10. The van der Waals surface area contributed by atoms with Crippen LogP contribution in [-0.4, -0.2) is 17.4 Å². The van der Waals surface area contributed by atoms with Crippen molar-refractivity contribution in [3.63, 3.8) is 0 Å². The van der Waals surface area contributed by atoms with E-state index in [1.165, 1.54) is 0 Å². The minimum Gasteiger partial charge on any atom is -0.444 e. The fraction of sp³-hybridized carbons (Fsp3) is 0.375. The van der Waals surface area contributed by atoms with Gasteiger partial charge in [0, 0.05) is 12.2 Å². The maximum Gasteiger partial charge on any atom is 0.253 e. The highest BCUT2D eigenvalue weighted by Gasteiger charge is 2.13. The predicted octanol–water partition coefficient (Wildman–Crippen LogP) is 2.96. The molecule has 1 amide bonds. The van der Waals surface area contributed by atoms with Crippen molar-refractivity contribution < 1.29 is 9.21 Å². The molecule has 0 aliphatic rings. The molecule has 0 saturated carbocycles. The number of nitrogens with one attached hydrogen (secondary N) is 2. The summed E-state index contributed by atoms with van der Waals surface area (Å²) in [4.78, 5) is 16.6. The molecule has 0 aliphatic carbocycles. The van der Waals surface area contributed by atoms with Crippen LogP contribution in [0.3, 0.4) is 0 Å². The predicted molar refractivity (Wildman–Crippen MR) is 82.5 cm³/mol. The number of aryl methyl sites for hydroxylation is 3. The fourth-order valence-electron chi connectivity index (χ4n) is 2.06. The third-order valence-electron chi connectivity index (χ3n) is 3.26. The first kappa shape index (κ1) is 15.1. The Labute approximate surface area is 124 Å². The maximum atomic E-state index is 12.3. The van der Waals surface area contributed by atoms with Crippen molar-refractivity contribution >= 4 is 11.6 Å². The molecule has 112 valence electrons. The van der Waals surface area contributed by atoms with Gasteiger partial charge in [-0.15, -0.1) is 0 Å². The molecule has 0 unspecified atom stereocenters. The summed E-state index contributed by atoms with van der Waals surface area (Å²) in [6.07, 6.45) is 0. The van der Waals surface area contributed by atoms with Gasteiger partial charge in [0.25, 0.3) is 5.91 Å². The van der Waals surface area contributed by atoms with Gasteiger partial charge in [0.2, 0.25) is 5.89 Å². The van der Waals surface area contributed by atoms with Gasteiger partial charge in [-0.3, -0.25) is 4.79 Å². The van der Waals surface area contributed by atoms with Gasteiger partial charge >= 0.3 is 0 Å². The Hall–Kier alpha value is -2.30. The average Bonchev–Trinajstić information content (AvgIpc) is 2.77. The molecule has 0 aliphatic heterocycles. The van der Waals surface area contributed by atoms with Crippen LogP contribution < -0.4 is 10.6 Å². The Kier molecular flexibility index (Phi) is 4.62. The Morgan fingerprint density at radius 3 is 2.67 bits per heavy atom. The highest BCUT2D eigenvalue weighted by molar-refractivity contribution is 5.99. The van der Waals surface area contributed by atoms with Crippen molar-refractivity contribution in [3.05, 3.63) is 46.7 Å². The molecule has 5 nitrogen and oxygen atoms in total. The number of anilines is 1. The number of hydrogen-bond donors (Lipinski definition) is 2. The second-order valence-electron chi connectivity index (χ2n) is 5.01. The van der Waals surface area contributed by atoms with Gasteiger partial charge in [0.15, 0.2) is 0 Å². The zero-order valence-corrected chi connectivity index (χ0v) is 12.9. The van der Waals surface area contributed by atoms with Gasteiger partial charge in [-0.05, 0) is 39.8 Å². The Morgan fingerprint density at radius 1 is 1.29 bits per heavy atom. The standard InChI is InChI=1S/C16H21N3O2/c1-5-17-14-7-6-10(2)8-13(14)16(20)18-9-15-19-11(3)12(4)21-15/h6-8,17H,5,9H2,1-4H3,(H,18,20). The van der Waals surface area contributed by atoms with Gasteiger partial charge in [-0.25, -0.2) is 4.98 Å². The van der Waals surface area contributed by atoms with E-state index in [0.717, 1.165) is 29.2 Å². The number of rotatable bonds is 5. The number of carbonyl (C=O) groups is 1. The zero-order valence-electron chi connectivity index (χ0n) is 12.9. The third kappa shape index (κ3) is 3.62. The molecule has 0 radical (unpaired) electrons. The van der Waals surface area contributed by atoms with Crippen molar-refractivity contribution in [1.29, 1.82) is 0 Å². The van der Waals surface area contributed by atoms with Crippen LogP contribution in [0, 0.1) is 20.8 Å². The van der Waals surface area contributed by atoms with Crippen molar-refractivity contribution in [2.45, 2.75) is 34.2 Å². The lowest BCUT2D eigenvalue weighted by atomic mass is 10.1. The molecule has 0 bridgehead atoms. The maximum absolute atomic E-state index is 12.3. The van der Waals surface area contributed by atoms with Crippen molar-refractivity contribution in [2.24, 2.45) is 0 Å². The molecule has 5 heteroatoms. The molecular weight excluding hydrogens is 266 g/mol. The Bertz CT molecular complexity index is 627. The van der Waals surface area contributed by atoms with Crippen LogP contribution in [0.25, 0.3) is 0 Å². The molecule has 21 heavy (non-hydrogen) atoms. The number of carbonyl (C=O) groups excluding carboxylic acids is 1. The summed E-state index contributed by atoms with van der Waals surface area (Å²) in [5.41, 5.74) is 3.37. The van der Waals surface area contributed by atoms with E-state index in [4.69, 9.17) is 4.42 Å². The van der Waals surface area contributed by atoms with Crippen LogP contribution in [-0.2, 0) is 6.54 Å². The first-order chi connectivity index (χ1) is 10.0. The molecule has 0 spiro atoms. The van der Waals surface area contributed by atoms with Crippen LogP contribution in [0.4, 0.5) is 5.69 Å². The van der Waals surface area contributed by atoms with Crippen LogP contribution in [0.15, 0.2) is 22.6 Å².